The Labute approximate surface area is 309 Å². The van der Waals surface area contributed by atoms with E-state index in [4.69, 9.17) is 13.6 Å². The van der Waals surface area contributed by atoms with Gasteiger partial charge in [-0.25, -0.2) is 0 Å². The van der Waals surface area contributed by atoms with Crippen LogP contribution in [0.5, 0.6) is 11.5 Å². The lowest BCUT2D eigenvalue weighted by Crippen LogP contribution is -2.18. The van der Waals surface area contributed by atoms with Crippen LogP contribution in [0.1, 0.15) is 157 Å². The first-order valence-electron chi connectivity index (χ1n) is 17.5. The fourth-order valence-electron chi connectivity index (χ4n) is 5.58. The van der Waals surface area contributed by atoms with E-state index in [0.717, 1.165) is 29.0 Å². The van der Waals surface area contributed by atoms with E-state index in [9.17, 15) is 0 Å². The lowest BCUT2D eigenvalue weighted by atomic mass is 9.80. The minimum absolute atomic E-state index is 0.0226. The summed E-state index contributed by atoms with van der Waals surface area (Å²) in [5.74, 6) is 1.63. The Morgan fingerprint density at radius 3 is 1.40 bits per heavy atom. The molecule has 0 N–H and O–H groups in total. The Hall–Kier alpha value is -1.62. The third kappa shape index (κ3) is 11.5. The van der Waals surface area contributed by atoms with Gasteiger partial charge in [-0.2, -0.15) is 0 Å². The van der Waals surface area contributed by atoms with Crippen LogP contribution in [0, 0.1) is 5.41 Å². The van der Waals surface area contributed by atoms with E-state index < -0.39 is 8.60 Å². The van der Waals surface area contributed by atoms with E-state index in [1.54, 1.807) is 0 Å². The summed E-state index contributed by atoms with van der Waals surface area (Å²) < 4.78 is 20.4. The van der Waals surface area contributed by atoms with Crippen LogP contribution < -0.4 is 9.05 Å². The molecular weight excluding hydrogens is 722 g/mol. The summed E-state index contributed by atoms with van der Waals surface area (Å²) in [5.41, 5.74) is 8.70. The van der Waals surface area contributed by atoms with E-state index in [-0.39, 0.29) is 30.5 Å². The molecule has 0 aromatic heterocycles. The number of alkyl halides is 1. The van der Waals surface area contributed by atoms with Crippen molar-refractivity contribution in [1.29, 1.82) is 0 Å². The van der Waals surface area contributed by atoms with Gasteiger partial charge < -0.3 is 9.05 Å². The molecule has 48 heavy (non-hydrogen) atoms. The van der Waals surface area contributed by atoms with Crippen LogP contribution in [-0.4, -0.2) is 0 Å². The highest BCUT2D eigenvalue weighted by Crippen LogP contribution is 2.48. The highest BCUT2D eigenvalue weighted by Gasteiger charge is 2.30. The molecule has 3 rings (SSSR count). The zero-order valence-corrected chi connectivity index (χ0v) is 36.2. The Bertz CT molecular complexity index is 1550. The van der Waals surface area contributed by atoms with Crippen molar-refractivity contribution in [2.45, 2.75) is 156 Å². The summed E-state index contributed by atoms with van der Waals surface area (Å²) in [7, 11) is -1.81. The van der Waals surface area contributed by atoms with Crippen molar-refractivity contribution in [3.05, 3.63) is 93.5 Å². The van der Waals surface area contributed by atoms with Crippen molar-refractivity contribution in [2.75, 3.05) is 0 Å². The largest absolute Gasteiger partial charge is 0.463 e. The fourth-order valence-corrected chi connectivity index (χ4v) is 7.13. The van der Waals surface area contributed by atoms with E-state index in [1.165, 1.54) is 27.8 Å². The Morgan fingerprint density at radius 1 is 0.500 bits per heavy atom. The molecule has 0 radical (unpaired) electrons. The summed E-state index contributed by atoms with van der Waals surface area (Å²) in [6.07, 6.45) is 0.879. The maximum absolute atomic E-state index is 6.87. The smallest absolute Gasteiger partial charge is 0.417 e. The zero-order valence-electron chi connectivity index (χ0n) is 33.2. The van der Waals surface area contributed by atoms with Crippen molar-refractivity contribution in [3.8, 4) is 11.5 Å². The van der Waals surface area contributed by atoms with Crippen LogP contribution in [0.3, 0.4) is 0 Å². The third-order valence-corrected chi connectivity index (χ3v) is 10.2. The molecule has 1 atom stereocenters. The van der Waals surface area contributed by atoms with Crippen LogP contribution >= 0.6 is 31.2 Å². The van der Waals surface area contributed by atoms with Crippen molar-refractivity contribution >= 4 is 31.2 Å². The lowest BCUT2D eigenvalue weighted by molar-refractivity contribution is 0.252. The van der Waals surface area contributed by atoms with E-state index >= 15 is 0 Å². The Morgan fingerprint density at radius 2 is 0.938 bits per heavy atom. The second-order valence-corrected chi connectivity index (χ2v) is 23.1. The maximum atomic E-state index is 6.87. The average molecular weight is 787 g/mol. The number of benzene rings is 3. The van der Waals surface area contributed by atoms with Crippen LogP contribution in [0.25, 0.3) is 0 Å². The molecule has 0 aliphatic rings. The van der Waals surface area contributed by atoms with E-state index in [0.29, 0.717) is 6.61 Å². The molecule has 0 spiro atoms. The molecule has 266 valence electrons. The van der Waals surface area contributed by atoms with Crippen molar-refractivity contribution in [3.63, 3.8) is 0 Å². The first kappa shape index (κ1) is 40.8. The first-order valence-corrected chi connectivity index (χ1v) is 19.6. The SMILES string of the molecule is CC(C)(C)Cc1cc(C(C)(C)C)ccc1OP(OCc1ccc(C(C)(C)C)cc1C(C)(C)I)Oc1ccc(C(C)(C)C)cc1C(C)(C)C. The molecule has 0 saturated heterocycles. The molecule has 0 aliphatic heterocycles. The van der Waals surface area contributed by atoms with Crippen LogP contribution in [-0.2, 0) is 42.6 Å². The van der Waals surface area contributed by atoms with Crippen LogP contribution in [0.4, 0.5) is 0 Å². The van der Waals surface area contributed by atoms with Crippen LogP contribution in [0.2, 0.25) is 0 Å². The van der Waals surface area contributed by atoms with Crippen molar-refractivity contribution < 1.29 is 13.6 Å². The number of hydrogen-bond acceptors (Lipinski definition) is 3. The number of rotatable bonds is 9. The van der Waals surface area contributed by atoms with Gasteiger partial charge in [0.15, 0.2) is 0 Å². The second kappa shape index (κ2) is 14.5. The van der Waals surface area contributed by atoms with Crippen molar-refractivity contribution in [2.24, 2.45) is 5.41 Å². The Kier molecular flexibility index (Phi) is 12.4. The quantitative estimate of drug-likeness (QED) is 0.123. The first-order chi connectivity index (χ1) is 21.6. The van der Waals surface area contributed by atoms with Crippen LogP contribution in [0.15, 0.2) is 54.6 Å². The monoisotopic (exact) mass is 786 g/mol. The molecule has 3 nitrogen and oxygen atoms in total. The molecule has 5 heteroatoms. The summed E-state index contributed by atoms with van der Waals surface area (Å²) in [4.78, 5) is 0. The van der Waals surface area contributed by atoms with Gasteiger partial charge in [-0.05, 0) is 92.9 Å². The van der Waals surface area contributed by atoms with E-state index in [2.05, 4.69) is 195 Å². The molecule has 0 aliphatic carbocycles. The maximum Gasteiger partial charge on any atom is 0.463 e. The minimum atomic E-state index is -1.81. The zero-order chi connectivity index (χ0) is 36.7. The molecule has 3 aromatic rings. The normalized spacial score (nSPS) is 14.2. The summed E-state index contributed by atoms with van der Waals surface area (Å²) in [5, 5.41) is 0. The molecule has 0 amide bonds. The molecule has 0 heterocycles. The van der Waals surface area contributed by atoms with Gasteiger partial charge >= 0.3 is 8.60 Å². The third-order valence-electron chi connectivity index (χ3n) is 8.59. The van der Waals surface area contributed by atoms with Gasteiger partial charge in [0.05, 0.1) is 6.61 Å². The van der Waals surface area contributed by atoms with Gasteiger partial charge in [0.2, 0.25) is 0 Å². The van der Waals surface area contributed by atoms with Gasteiger partial charge in [-0.15, -0.1) is 0 Å². The van der Waals surface area contributed by atoms with Gasteiger partial charge in [-0.3, -0.25) is 4.52 Å². The van der Waals surface area contributed by atoms with Gasteiger partial charge in [0.25, 0.3) is 0 Å². The van der Waals surface area contributed by atoms with Crippen molar-refractivity contribution in [1.82, 2.24) is 0 Å². The molecule has 0 bridgehead atoms. The molecule has 3 aromatic carbocycles. The van der Waals surface area contributed by atoms with E-state index in [1.807, 2.05) is 0 Å². The minimum Gasteiger partial charge on any atom is -0.417 e. The standard InChI is InChI=1S/C43H64IO3P/c1-38(2,3)27-30-24-31(39(4,5)6)20-22-36(30)46-48(47-37-23-21-33(41(10,11)12)26-35(37)42(13,14)15)45-28-29-18-19-32(40(7,8)9)25-34(29)43(16,17)44/h18-26H,27-28H2,1-17H3. The highest BCUT2D eigenvalue weighted by molar-refractivity contribution is 14.1. The lowest BCUT2D eigenvalue weighted by Gasteiger charge is -2.29. The molecule has 1 unspecified atom stereocenters. The fraction of sp³-hybridized carbons (Fsp3) is 0.581. The summed E-state index contributed by atoms with van der Waals surface area (Å²) in [6.45, 7) is 38.8. The van der Waals surface area contributed by atoms with Gasteiger partial charge in [0, 0.05) is 8.99 Å². The molecule has 0 fully saturated rings. The van der Waals surface area contributed by atoms with Gasteiger partial charge in [-0.1, -0.05) is 169 Å². The topological polar surface area (TPSA) is 27.7 Å². The molecular formula is C43H64IO3P. The average Bonchev–Trinajstić information content (AvgIpc) is 2.89. The van der Waals surface area contributed by atoms with Gasteiger partial charge in [0.1, 0.15) is 11.5 Å². The predicted octanol–water partition coefficient (Wildman–Crippen LogP) is 14.0. The highest BCUT2D eigenvalue weighted by atomic mass is 127. The number of halogens is 1. The Balaban J connectivity index is 2.14. The number of hydrogen-bond donors (Lipinski definition) is 0. The molecule has 0 saturated carbocycles. The summed E-state index contributed by atoms with van der Waals surface area (Å²) >= 11 is 2.54. The predicted molar refractivity (Wildman–Crippen MR) is 217 cm³/mol. The summed E-state index contributed by atoms with van der Waals surface area (Å²) in [6, 6.07) is 20.0. The second-order valence-electron chi connectivity index (χ2n) is 19.3.